The molecule has 78 valence electrons. The van der Waals surface area contributed by atoms with Gasteiger partial charge >= 0.3 is 0 Å². The molecule has 0 aliphatic heterocycles. The Morgan fingerprint density at radius 2 is 2.36 bits per heavy atom. The summed E-state index contributed by atoms with van der Waals surface area (Å²) < 4.78 is 4.90. The van der Waals surface area contributed by atoms with Crippen LogP contribution in [-0.2, 0) is 6.54 Å². The fourth-order valence-corrected chi connectivity index (χ4v) is 1.77. The summed E-state index contributed by atoms with van der Waals surface area (Å²) in [6.07, 6.45) is 4.11. The molecular formula is C10H17N3O. The van der Waals surface area contributed by atoms with Gasteiger partial charge in [-0.05, 0) is 25.7 Å². The predicted molar refractivity (Wildman–Crippen MR) is 52.7 cm³/mol. The van der Waals surface area contributed by atoms with Crippen molar-refractivity contribution in [2.75, 3.05) is 0 Å². The van der Waals surface area contributed by atoms with Crippen LogP contribution < -0.4 is 5.32 Å². The minimum Gasteiger partial charge on any atom is -0.340 e. The van der Waals surface area contributed by atoms with Crippen molar-refractivity contribution in [1.29, 1.82) is 0 Å². The van der Waals surface area contributed by atoms with Crippen LogP contribution in [0.1, 0.15) is 37.9 Å². The lowest BCUT2D eigenvalue weighted by atomic mass is 9.80. The van der Waals surface area contributed by atoms with Crippen molar-refractivity contribution in [3.63, 3.8) is 0 Å². The first-order valence-electron chi connectivity index (χ1n) is 5.28. The van der Waals surface area contributed by atoms with Crippen molar-refractivity contribution in [2.45, 2.75) is 45.7 Å². The van der Waals surface area contributed by atoms with Gasteiger partial charge in [-0.15, -0.1) is 0 Å². The molecule has 14 heavy (non-hydrogen) atoms. The van der Waals surface area contributed by atoms with E-state index in [1.807, 2.05) is 6.92 Å². The van der Waals surface area contributed by atoms with Gasteiger partial charge in [0.15, 0.2) is 5.82 Å². The van der Waals surface area contributed by atoms with Crippen LogP contribution in [0.2, 0.25) is 0 Å². The molecule has 4 nitrogen and oxygen atoms in total. The molecule has 1 aromatic rings. The van der Waals surface area contributed by atoms with E-state index in [-0.39, 0.29) is 0 Å². The monoisotopic (exact) mass is 195 g/mol. The number of rotatable bonds is 4. The van der Waals surface area contributed by atoms with E-state index in [1.54, 1.807) is 0 Å². The summed E-state index contributed by atoms with van der Waals surface area (Å²) in [5.74, 6) is 2.25. The van der Waals surface area contributed by atoms with E-state index in [1.165, 1.54) is 19.3 Å². The quantitative estimate of drug-likeness (QED) is 0.793. The molecule has 1 aromatic heterocycles. The largest absolute Gasteiger partial charge is 0.340 e. The third-order valence-electron chi connectivity index (χ3n) is 3.01. The van der Waals surface area contributed by atoms with Crippen molar-refractivity contribution in [3.05, 3.63) is 11.7 Å². The molecule has 0 amide bonds. The van der Waals surface area contributed by atoms with Crippen LogP contribution in [0, 0.1) is 12.8 Å². The molecule has 1 atom stereocenters. The van der Waals surface area contributed by atoms with Crippen LogP contribution in [0.3, 0.4) is 0 Å². The maximum Gasteiger partial charge on any atom is 0.223 e. The highest BCUT2D eigenvalue weighted by Gasteiger charge is 2.23. The SMILES string of the molecule is Cc1nc(CNC(C)C2CCC2)no1. The van der Waals surface area contributed by atoms with E-state index >= 15 is 0 Å². The van der Waals surface area contributed by atoms with Crippen LogP contribution >= 0.6 is 0 Å². The number of aryl methyl sites for hydroxylation is 1. The van der Waals surface area contributed by atoms with Gasteiger partial charge < -0.3 is 9.84 Å². The Balaban J connectivity index is 1.76. The number of nitrogens with one attached hydrogen (secondary N) is 1. The van der Waals surface area contributed by atoms with Crippen molar-refractivity contribution < 1.29 is 4.52 Å². The van der Waals surface area contributed by atoms with Crippen LogP contribution in [0.4, 0.5) is 0 Å². The number of hydrogen-bond donors (Lipinski definition) is 1. The van der Waals surface area contributed by atoms with Gasteiger partial charge in [0.1, 0.15) is 0 Å². The topological polar surface area (TPSA) is 51.0 Å². The number of nitrogens with zero attached hydrogens (tertiary/aromatic N) is 2. The minimum atomic E-state index is 0.572. The summed E-state index contributed by atoms with van der Waals surface area (Å²) in [6.45, 7) is 4.76. The Hall–Kier alpha value is -0.900. The van der Waals surface area contributed by atoms with E-state index in [0.717, 1.165) is 18.3 Å². The second kappa shape index (κ2) is 4.09. The molecule has 1 saturated carbocycles. The summed E-state index contributed by atoms with van der Waals surface area (Å²) in [5.41, 5.74) is 0. The van der Waals surface area contributed by atoms with E-state index in [9.17, 15) is 0 Å². The maximum atomic E-state index is 4.90. The summed E-state index contributed by atoms with van der Waals surface area (Å²) in [4.78, 5) is 4.15. The van der Waals surface area contributed by atoms with E-state index < -0.39 is 0 Å². The van der Waals surface area contributed by atoms with E-state index in [0.29, 0.717) is 11.9 Å². The molecule has 1 aliphatic rings. The van der Waals surface area contributed by atoms with E-state index in [2.05, 4.69) is 22.4 Å². The second-order valence-electron chi connectivity index (χ2n) is 4.09. The lowest BCUT2D eigenvalue weighted by molar-refractivity contribution is 0.238. The second-order valence-corrected chi connectivity index (χ2v) is 4.09. The molecule has 1 heterocycles. The van der Waals surface area contributed by atoms with Gasteiger partial charge in [-0.2, -0.15) is 4.98 Å². The minimum absolute atomic E-state index is 0.572. The zero-order valence-corrected chi connectivity index (χ0v) is 8.79. The number of hydrogen-bond acceptors (Lipinski definition) is 4. The highest BCUT2D eigenvalue weighted by Crippen LogP contribution is 2.29. The summed E-state index contributed by atoms with van der Waals surface area (Å²) in [7, 11) is 0. The van der Waals surface area contributed by atoms with Gasteiger partial charge in [0.05, 0.1) is 6.54 Å². The van der Waals surface area contributed by atoms with Crippen molar-refractivity contribution in [3.8, 4) is 0 Å². The average molecular weight is 195 g/mol. The molecule has 4 heteroatoms. The van der Waals surface area contributed by atoms with Gasteiger partial charge in [0, 0.05) is 13.0 Å². The summed E-state index contributed by atoms with van der Waals surface area (Å²) in [6, 6.07) is 0.572. The molecule has 1 N–H and O–H groups in total. The molecule has 0 spiro atoms. The van der Waals surface area contributed by atoms with Crippen LogP contribution in [0.5, 0.6) is 0 Å². The third kappa shape index (κ3) is 2.12. The Bertz CT molecular complexity index is 293. The number of aromatic nitrogens is 2. The Labute approximate surface area is 84.1 Å². The van der Waals surface area contributed by atoms with Crippen LogP contribution in [0.15, 0.2) is 4.52 Å². The van der Waals surface area contributed by atoms with Gasteiger partial charge in [-0.25, -0.2) is 0 Å². The van der Waals surface area contributed by atoms with Gasteiger partial charge in [0.2, 0.25) is 5.89 Å². The molecule has 0 aromatic carbocycles. The third-order valence-corrected chi connectivity index (χ3v) is 3.01. The fourth-order valence-electron chi connectivity index (χ4n) is 1.77. The highest BCUT2D eigenvalue weighted by atomic mass is 16.5. The first-order chi connectivity index (χ1) is 6.75. The molecule has 1 aliphatic carbocycles. The van der Waals surface area contributed by atoms with Gasteiger partial charge in [0.25, 0.3) is 0 Å². The fraction of sp³-hybridized carbons (Fsp3) is 0.800. The standard InChI is InChI=1S/C10H17N3O/c1-7(9-4-3-5-9)11-6-10-12-8(2)14-13-10/h7,9,11H,3-6H2,1-2H3. The molecule has 1 unspecified atom stereocenters. The van der Waals surface area contributed by atoms with Crippen molar-refractivity contribution in [1.82, 2.24) is 15.5 Å². The van der Waals surface area contributed by atoms with Crippen molar-refractivity contribution in [2.24, 2.45) is 5.92 Å². The lowest BCUT2D eigenvalue weighted by Crippen LogP contribution is -2.36. The van der Waals surface area contributed by atoms with Crippen LogP contribution in [-0.4, -0.2) is 16.2 Å². The average Bonchev–Trinajstić information content (AvgIpc) is 2.45. The molecule has 0 bridgehead atoms. The predicted octanol–water partition coefficient (Wildman–Crippen LogP) is 1.66. The summed E-state index contributed by atoms with van der Waals surface area (Å²) >= 11 is 0. The molecule has 0 radical (unpaired) electrons. The molecular weight excluding hydrogens is 178 g/mol. The highest BCUT2D eigenvalue weighted by molar-refractivity contribution is 4.86. The zero-order chi connectivity index (χ0) is 9.97. The van der Waals surface area contributed by atoms with E-state index in [4.69, 9.17) is 4.52 Å². The smallest absolute Gasteiger partial charge is 0.223 e. The Morgan fingerprint density at radius 3 is 2.86 bits per heavy atom. The maximum absolute atomic E-state index is 4.90. The molecule has 0 saturated heterocycles. The Kier molecular flexibility index (Phi) is 2.82. The molecule has 2 rings (SSSR count). The lowest BCUT2D eigenvalue weighted by Gasteiger charge is -2.31. The summed E-state index contributed by atoms with van der Waals surface area (Å²) in [5, 5.41) is 7.27. The van der Waals surface area contributed by atoms with Crippen LogP contribution in [0.25, 0.3) is 0 Å². The molecule has 1 fully saturated rings. The van der Waals surface area contributed by atoms with Gasteiger partial charge in [-0.1, -0.05) is 11.6 Å². The first-order valence-corrected chi connectivity index (χ1v) is 5.28. The zero-order valence-electron chi connectivity index (χ0n) is 8.79. The normalized spacial score (nSPS) is 19.3. The van der Waals surface area contributed by atoms with Gasteiger partial charge in [-0.3, -0.25) is 0 Å². The first kappa shape index (κ1) is 9.65. The Morgan fingerprint density at radius 1 is 1.57 bits per heavy atom. The van der Waals surface area contributed by atoms with Crippen molar-refractivity contribution >= 4 is 0 Å².